The molecule has 2 fully saturated rings. The second kappa shape index (κ2) is 9.30. The second-order valence-electron chi connectivity index (χ2n) is 6.80. The largest absolute Gasteiger partial charge is 0.391 e. The van der Waals surface area contributed by atoms with E-state index in [1.807, 2.05) is 13.0 Å². The number of aliphatic hydroxyl groups excluding tert-OH is 1. The lowest BCUT2D eigenvalue weighted by atomic mass is 10.0. The molecule has 0 radical (unpaired) electrons. The first-order chi connectivity index (χ1) is 12.7. The monoisotopic (exact) mass is 364 g/mol. The van der Waals surface area contributed by atoms with Gasteiger partial charge in [-0.3, -0.25) is 9.89 Å². The van der Waals surface area contributed by atoms with Gasteiger partial charge in [0.1, 0.15) is 5.82 Å². The maximum Gasteiger partial charge on any atom is 0.194 e. The van der Waals surface area contributed by atoms with E-state index < -0.39 is 0 Å². The Morgan fingerprint density at radius 2 is 2.19 bits per heavy atom. The molecule has 0 aromatic heterocycles. The molecule has 2 saturated heterocycles. The van der Waals surface area contributed by atoms with Crippen LogP contribution in [-0.2, 0) is 4.74 Å². The van der Waals surface area contributed by atoms with Gasteiger partial charge in [-0.25, -0.2) is 4.39 Å². The highest BCUT2D eigenvalue weighted by Gasteiger charge is 2.25. The number of guanidine groups is 1. The number of nitrogens with zero attached hydrogens (tertiary/aromatic N) is 3. The SMILES string of the molecule is CCNC(=NCC(c1cccc(F)c1)N1CCOCC1)N1CC[C@@H](O)C1. The van der Waals surface area contributed by atoms with Crippen molar-refractivity contribution >= 4 is 5.96 Å². The molecule has 2 aliphatic heterocycles. The predicted molar refractivity (Wildman–Crippen MR) is 99.7 cm³/mol. The molecule has 3 rings (SSSR count). The van der Waals surface area contributed by atoms with Gasteiger partial charge in [0.05, 0.1) is 31.9 Å². The summed E-state index contributed by atoms with van der Waals surface area (Å²) < 4.78 is 19.2. The molecule has 144 valence electrons. The summed E-state index contributed by atoms with van der Waals surface area (Å²) in [6.45, 7) is 7.76. The van der Waals surface area contributed by atoms with Crippen molar-refractivity contribution in [3.8, 4) is 0 Å². The lowest BCUT2D eigenvalue weighted by Gasteiger charge is -2.34. The number of benzene rings is 1. The number of β-amino-alcohol motifs (C(OH)–C–C–N with tert-alkyl or cyclic N) is 1. The van der Waals surface area contributed by atoms with Gasteiger partial charge in [0.2, 0.25) is 0 Å². The number of aliphatic imine (C=N–C) groups is 1. The summed E-state index contributed by atoms with van der Waals surface area (Å²) in [5.74, 6) is 0.595. The number of ether oxygens (including phenoxy) is 1. The lowest BCUT2D eigenvalue weighted by molar-refractivity contribution is 0.0179. The number of rotatable bonds is 5. The standard InChI is InChI=1S/C19H29FN4O2/c1-2-21-19(24-7-6-17(25)14-24)22-13-18(23-8-10-26-11-9-23)15-4-3-5-16(20)12-15/h3-5,12,17-18,25H,2,6-11,13-14H2,1H3,(H,21,22)/t17-,18?/m1/s1. The molecule has 6 nitrogen and oxygen atoms in total. The number of aliphatic hydroxyl groups is 1. The van der Waals surface area contributed by atoms with Crippen LogP contribution in [0.3, 0.4) is 0 Å². The van der Waals surface area contributed by atoms with Crippen molar-refractivity contribution in [2.45, 2.75) is 25.5 Å². The zero-order valence-electron chi connectivity index (χ0n) is 15.4. The number of hydrogen-bond donors (Lipinski definition) is 2. The van der Waals surface area contributed by atoms with Crippen LogP contribution in [0.25, 0.3) is 0 Å². The van der Waals surface area contributed by atoms with Gasteiger partial charge in [-0.1, -0.05) is 12.1 Å². The Balaban J connectivity index is 1.79. The fourth-order valence-electron chi connectivity index (χ4n) is 3.57. The summed E-state index contributed by atoms with van der Waals surface area (Å²) >= 11 is 0. The van der Waals surface area contributed by atoms with Crippen molar-refractivity contribution in [1.82, 2.24) is 15.1 Å². The van der Waals surface area contributed by atoms with Crippen molar-refractivity contribution in [2.75, 3.05) is 52.5 Å². The smallest absolute Gasteiger partial charge is 0.194 e. The molecule has 1 aromatic rings. The van der Waals surface area contributed by atoms with E-state index in [1.54, 1.807) is 12.1 Å². The van der Waals surface area contributed by atoms with E-state index in [9.17, 15) is 9.50 Å². The molecule has 1 unspecified atom stereocenters. The van der Waals surface area contributed by atoms with E-state index in [0.717, 1.165) is 44.1 Å². The van der Waals surface area contributed by atoms with Gasteiger partial charge >= 0.3 is 0 Å². The molecule has 0 bridgehead atoms. The minimum Gasteiger partial charge on any atom is -0.391 e. The van der Waals surface area contributed by atoms with Crippen LogP contribution in [-0.4, -0.2) is 79.5 Å². The van der Waals surface area contributed by atoms with Crippen molar-refractivity contribution in [2.24, 2.45) is 4.99 Å². The van der Waals surface area contributed by atoms with E-state index >= 15 is 0 Å². The van der Waals surface area contributed by atoms with E-state index in [4.69, 9.17) is 9.73 Å². The molecule has 0 amide bonds. The summed E-state index contributed by atoms with van der Waals surface area (Å²) in [6, 6.07) is 6.80. The molecule has 0 aliphatic carbocycles. The molecule has 7 heteroatoms. The van der Waals surface area contributed by atoms with Gasteiger partial charge in [-0.2, -0.15) is 0 Å². The average Bonchev–Trinajstić information content (AvgIpc) is 3.08. The molecule has 0 saturated carbocycles. The Morgan fingerprint density at radius 3 is 2.85 bits per heavy atom. The Morgan fingerprint density at radius 1 is 1.38 bits per heavy atom. The molecule has 1 aromatic carbocycles. The number of morpholine rings is 1. The summed E-state index contributed by atoms with van der Waals surface area (Å²) in [4.78, 5) is 9.23. The average molecular weight is 364 g/mol. The third-order valence-corrected chi connectivity index (χ3v) is 4.93. The van der Waals surface area contributed by atoms with Crippen molar-refractivity contribution < 1.29 is 14.2 Å². The van der Waals surface area contributed by atoms with Crippen molar-refractivity contribution in [3.05, 3.63) is 35.6 Å². The first kappa shape index (κ1) is 19.1. The third-order valence-electron chi connectivity index (χ3n) is 4.93. The first-order valence-corrected chi connectivity index (χ1v) is 9.46. The minimum atomic E-state index is -0.294. The molecule has 2 N–H and O–H groups in total. The number of nitrogens with one attached hydrogen (secondary N) is 1. The highest BCUT2D eigenvalue weighted by atomic mass is 19.1. The molecule has 2 atom stereocenters. The summed E-state index contributed by atoms with van der Waals surface area (Å²) in [5, 5.41) is 13.1. The molecule has 26 heavy (non-hydrogen) atoms. The Bertz CT molecular complexity index is 607. The highest BCUT2D eigenvalue weighted by molar-refractivity contribution is 5.80. The van der Waals surface area contributed by atoms with E-state index in [-0.39, 0.29) is 18.0 Å². The molecular formula is C19H29FN4O2. The topological polar surface area (TPSA) is 60.3 Å². The van der Waals surface area contributed by atoms with Crippen LogP contribution in [0.15, 0.2) is 29.3 Å². The maximum absolute atomic E-state index is 13.8. The van der Waals surface area contributed by atoms with Gasteiger partial charge < -0.3 is 20.1 Å². The van der Waals surface area contributed by atoms with Gasteiger partial charge in [0.25, 0.3) is 0 Å². The van der Waals surface area contributed by atoms with Gasteiger partial charge in [0, 0.05) is 32.7 Å². The highest BCUT2D eigenvalue weighted by Crippen LogP contribution is 2.23. The normalized spacial score (nSPS) is 23.3. The predicted octanol–water partition coefficient (Wildman–Crippen LogP) is 1.23. The van der Waals surface area contributed by atoms with Crippen LogP contribution >= 0.6 is 0 Å². The van der Waals surface area contributed by atoms with Crippen molar-refractivity contribution in [1.29, 1.82) is 0 Å². The summed E-state index contributed by atoms with van der Waals surface area (Å²) in [7, 11) is 0. The Hall–Kier alpha value is -1.70. The van der Waals surface area contributed by atoms with Crippen LogP contribution in [0.5, 0.6) is 0 Å². The van der Waals surface area contributed by atoms with Gasteiger partial charge in [0.15, 0.2) is 5.96 Å². The van der Waals surface area contributed by atoms with Crippen LogP contribution in [0.2, 0.25) is 0 Å². The third kappa shape index (κ3) is 4.93. The van der Waals surface area contributed by atoms with Crippen LogP contribution in [0.1, 0.15) is 24.9 Å². The number of likely N-dealkylation sites (tertiary alicyclic amines) is 1. The van der Waals surface area contributed by atoms with Crippen LogP contribution < -0.4 is 5.32 Å². The number of hydrogen-bond acceptors (Lipinski definition) is 4. The summed E-state index contributed by atoms with van der Waals surface area (Å²) in [5.41, 5.74) is 0.938. The number of halogens is 1. The van der Waals surface area contributed by atoms with Gasteiger partial charge in [-0.15, -0.1) is 0 Å². The zero-order valence-corrected chi connectivity index (χ0v) is 15.4. The van der Waals surface area contributed by atoms with Crippen LogP contribution in [0.4, 0.5) is 4.39 Å². The molecular weight excluding hydrogens is 335 g/mol. The Labute approximate surface area is 154 Å². The minimum absolute atomic E-state index is 0.00998. The lowest BCUT2D eigenvalue weighted by Crippen LogP contribution is -2.43. The van der Waals surface area contributed by atoms with Crippen molar-refractivity contribution in [3.63, 3.8) is 0 Å². The first-order valence-electron chi connectivity index (χ1n) is 9.46. The second-order valence-corrected chi connectivity index (χ2v) is 6.80. The fourth-order valence-corrected chi connectivity index (χ4v) is 3.57. The fraction of sp³-hybridized carbons (Fsp3) is 0.632. The Kier molecular flexibility index (Phi) is 6.82. The molecule has 2 aliphatic rings. The molecule has 2 heterocycles. The maximum atomic E-state index is 13.8. The van der Waals surface area contributed by atoms with E-state index in [1.165, 1.54) is 6.07 Å². The zero-order chi connectivity index (χ0) is 18.4. The quantitative estimate of drug-likeness (QED) is 0.608. The van der Waals surface area contributed by atoms with Crippen LogP contribution in [0, 0.1) is 5.82 Å². The van der Waals surface area contributed by atoms with Gasteiger partial charge in [-0.05, 0) is 31.0 Å². The summed E-state index contributed by atoms with van der Waals surface area (Å²) in [6.07, 6.45) is 0.471. The van der Waals surface area contributed by atoms with E-state index in [0.29, 0.717) is 26.3 Å². The van der Waals surface area contributed by atoms with E-state index in [2.05, 4.69) is 15.1 Å². The molecule has 0 spiro atoms.